The van der Waals surface area contributed by atoms with Gasteiger partial charge < -0.3 is 25.0 Å². The van der Waals surface area contributed by atoms with Crippen molar-refractivity contribution in [1.29, 1.82) is 0 Å². The van der Waals surface area contributed by atoms with Gasteiger partial charge in [0.1, 0.15) is 5.82 Å². The van der Waals surface area contributed by atoms with Crippen LogP contribution in [0.1, 0.15) is 18.1 Å². The lowest BCUT2D eigenvalue weighted by molar-refractivity contribution is 0.354. The largest absolute Gasteiger partial charge is 0.493 e. The summed E-state index contributed by atoms with van der Waals surface area (Å²) >= 11 is 0. The van der Waals surface area contributed by atoms with Crippen molar-refractivity contribution in [3.63, 3.8) is 0 Å². The molecular weight excluding hydrogens is 342 g/mol. The number of hydrogen-bond acceptors (Lipinski definition) is 5. The first-order valence-corrected chi connectivity index (χ1v) is 8.92. The molecule has 0 spiro atoms. The lowest BCUT2D eigenvalue weighted by Gasteiger charge is -2.14. The Balaban J connectivity index is 2.05. The molecule has 146 valence electrons. The lowest BCUT2D eigenvalue weighted by atomic mass is 10.2. The maximum Gasteiger partial charge on any atom is 0.191 e. The van der Waals surface area contributed by atoms with Crippen molar-refractivity contribution >= 4 is 11.8 Å². The number of pyridine rings is 1. The fourth-order valence-electron chi connectivity index (χ4n) is 2.49. The van der Waals surface area contributed by atoms with Gasteiger partial charge in [-0.3, -0.25) is 0 Å². The third-order valence-corrected chi connectivity index (χ3v) is 3.94. The Morgan fingerprint density at radius 3 is 2.48 bits per heavy atom. The van der Waals surface area contributed by atoms with Crippen LogP contribution in [0.25, 0.3) is 0 Å². The fourth-order valence-corrected chi connectivity index (χ4v) is 2.49. The minimum absolute atomic E-state index is 0.537. The molecule has 1 aromatic carbocycles. The number of aliphatic imine (C=N–C) groups is 1. The summed E-state index contributed by atoms with van der Waals surface area (Å²) in [6.45, 7) is 4.04. The summed E-state index contributed by atoms with van der Waals surface area (Å²) in [6.07, 6.45) is 1.82. The van der Waals surface area contributed by atoms with E-state index in [1.807, 2.05) is 56.4 Å². The highest BCUT2D eigenvalue weighted by atomic mass is 16.5. The first-order valence-electron chi connectivity index (χ1n) is 8.92. The summed E-state index contributed by atoms with van der Waals surface area (Å²) in [7, 11) is 7.22. The van der Waals surface area contributed by atoms with E-state index in [-0.39, 0.29) is 0 Å². The molecule has 0 amide bonds. The van der Waals surface area contributed by atoms with Crippen molar-refractivity contribution in [3.05, 3.63) is 47.7 Å². The number of nitrogens with zero attached hydrogens (tertiary/aromatic N) is 3. The zero-order chi connectivity index (χ0) is 19.6. The number of benzene rings is 1. The number of aromatic nitrogens is 1. The highest BCUT2D eigenvalue weighted by molar-refractivity contribution is 5.79. The number of nitrogens with one attached hydrogen (secondary N) is 2. The van der Waals surface area contributed by atoms with Gasteiger partial charge in [0, 0.05) is 33.4 Å². The third kappa shape index (κ3) is 6.06. The lowest BCUT2D eigenvalue weighted by Crippen LogP contribution is -2.36. The van der Waals surface area contributed by atoms with Crippen LogP contribution in [-0.4, -0.2) is 45.8 Å². The van der Waals surface area contributed by atoms with Gasteiger partial charge in [-0.15, -0.1) is 0 Å². The van der Waals surface area contributed by atoms with Crippen LogP contribution in [-0.2, 0) is 13.1 Å². The zero-order valence-corrected chi connectivity index (χ0v) is 16.7. The number of hydrogen-bond donors (Lipinski definition) is 2. The molecule has 0 saturated heterocycles. The van der Waals surface area contributed by atoms with Crippen LogP contribution >= 0.6 is 0 Å². The van der Waals surface area contributed by atoms with Crippen molar-refractivity contribution in [2.45, 2.75) is 20.0 Å². The Labute approximate surface area is 161 Å². The molecule has 27 heavy (non-hydrogen) atoms. The average Bonchev–Trinajstić information content (AvgIpc) is 2.70. The summed E-state index contributed by atoms with van der Waals surface area (Å²) < 4.78 is 10.6. The maximum atomic E-state index is 5.35. The minimum atomic E-state index is 0.537. The Morgan fingerprint density at radius 2 is 1.81 bits per heavy atom. The Bertz CT molecular complexity index is 762. The summed E-state index contributed by atoms with van der Waals surface area (Å²) in [6, 6.07) is 9.88. The predicted molar refractivity (Wildman–Crippen MR) is 110 cm³/mol. The van der Waals surface area contributed by atoms with Crippen molar-refractivity contribution in [3.8, 4) is 11.5 Å². The van der Waals surface area contributed by atoms with Crippen molar-refractivity contribution in [1.82, 2.24) is 15.6 Å². The van der Waals surface area contributed by atoms with Crippen LogP contribution in [0, 0.1) is 0 Å². The smallest absolute Gasteiger partial charge is 0.191 e. The molecule has 7 heteroatoms. The quantitative estimate of drug-likeness (QED) is 0.549. The van der Waals surface area contributed by atoms with Gasteiger partial charge in [0.2, 0.25) is 0 Å². The number of methoxy groups -OCH3 is 2. The van der Waals surface area contributed by atoms with Gasteiger partial charge in [0.25, 0.3) is 0 Å². The molecule has 2 N–H and O–H groups in total. The number of anilines is 1. The summed E-state index contributed by atoms with van der Waals surface area (Å²) in [4.78, 5) is 11.0. The number of ether oxygens (including phenoxy) is 2. The summed E-state index contributed by atoms with van der Waals surface area (Å²) in [5.41, 5.74) is 2.19. The van der Waals surface area contributed by atoms with Gasteiger partial charge >= 0.3 is 0 Å². The molecule has 2 rings (SSSR count). The number of rotatable bonds is 8. The third-order valence-electron chi connectivity index (χ3n) is 3.94. The fraction of sp³-hybridized carbons (Fsp3) is 0.400. The van der Waals surface area contributed by atoms with E-state index in [2.05, 4.69) is 26.7 Å². The molecule has 1 aromatic heterocycles. The van der Waals surface area contributed by atoms with Crippen molar-refractivity contribution in [2.75, 3.05) is 39.8 Å². The molecule has 0 unspecified atom stereocenters. The molecule has 1 heterocycles. The second-order valence-corrected chi connectivity index (χ2v) is 6.15. The maximum absolute atomic E-state index is 5.35. The molecule has 0 saturated carbocycles. The first-order chi connectivity index (χ1) is 13.1. The molecule has 0 radical (unpaired) electrons. The van der Waals surface area contributed by atoms with E-state index in [9.17, 15) is 0 Å². The molecule has 2 aromatic rings. The standard InChI is InChI=1S/C20H29N5O2/c1-6-21-20(24-14-16-9-10-22-19(12-16)25(2)3)23-13-15-7-8-17(26-4)18(11-15)27-5/h7-12H,6,13-14H2,1-5H3,(H2,21,23,24). The van der Waals surface area contributed by atoms with Crippen molar-refractivity contribution in [2.24, 2.45) is 4.99 Å². The SMILES string of the molecule is CCNC(=NCc1ccc(OC)c(OC)c1)NCc1ccnc(N(C)C)c1. The highest BCUT2D eigenvalue weighted by Gasteiger charge is 2.05. The monoisotopic (exact) mass is 371 g/mol. The van der Waals surface area contributed by atoms with Gasteiger partial charge in [-0.1, -0.05) is 6.07 Å². The van der Waals surface area contributed by atoms with E-state index in [1.165, 1.54) is 0 Å². The van der Waals surface area contributed by atoms with Crippen LogP contribution in [0.2, 0.25) is 0 Å². The van der Waals surface area contributed by atoms with Gasteiger partial charge in [0.05, 0.1) is 20.8 Å². The molecule has 0 aliphatic rings. The van der Waals surface area contributed by atoms with Crippen LogP contribution in [0.3, 0.4) is 0 Å². The van der Waals surface area contributed by atoms with Gasteiger partial charge in [0.15, 0.2) is 17.5 Å². The van der Waals surface area contributed by atoms with Gasteiger partial charge in [-0.2, -0.15) is 0 Å². The molecule has 7 nitrogen and oxygen atoms in total. The second kappa shape index (κ2) is 10.3. The molecular formula is C20H29N5O2. The van der Waals surface area contributed by atoms with Crippen molar-refractivity contribution < 1.29 is 9.47 Å². The topological polar surface area (TPSA) is 71.0 Å². The molecule has 0 atom stereocenters. The van der Waals surface area contributed by atoms with Crippen LogP contribution < -0.4 is 25.0 Å². The highest BCUT2D eigenvalue weighted by Crippen LogP contribution is 2.27. The van der Waals surface area contributed by atoms with Crippen LogP contribution in [0.15, 0.2) is 41.5 Å². The van der Waals surface area contributed by atoms with E-state index in [0.29, 0.717) is 24.6 Å². The Kier molecular flexibility index (Phi) is 7.73. The predicted octanol–water partition coefficient (Wildman–Crippen LogP) is 2.42. The molecule has 0 aliphatic carbocycles. The van der Waals surface area contributed by atoms with Gasteiger partial charge in [-0.25, -0.2) is 9.98 Å². The summed E-state index contributed by atoms with van der Waals surface area (Å²) in [5.74, 6) is 3.11. The Hall–Kier alpha value is -2.96. The minimum Gasteiger partial charge on any atom is -0.493 e. The van der Waals surface area contributed by atoms with E-state index in [4.69, 9.17) is 9.47 Å². The second-order valence-electron chi connectivity index (χ2n) is 6.15. The average molecular weight is 371 g/mol. The molecule has 0 aliphatic heterocycles. The normalized spacial score (nSPS) is 11.1. The Morgan fingerprint density at radius 1 is 1.04 bits per heavy atom. The van der Waals surface area contributed by atoms with E-state index in [0.717, 1.165) is 29.4 Å². The van der Waals surface area contributed by atoms with Crippen LogP contribution in [0.4, 0.5) is 5.82 Å². The van der Waals surface area contributed by atoms with Gasteiger partial charge in [-0.05, 0) is 42.3 Å². The van der Waals surface area contributed by atoms with Crippen LogP contribution in [0.5, 0.6) is 11.5 Å². The molecule has 0 fully saturated rings. The van der Waals surface area contributed by atoms with E-state index >= 15 is 0 Å². The summed E-state index contributed by atoms with van der Waals surface area (Å²) in [5, 5.41) is 6.63. The first kappa shape index (κ1) is 20.4. The zero-order valence-electron chi connectivity index (χ0n) is 16.7. The van der Waals surface area contributed by atoms with E-state index in [1.54, 1.807) is 14.2 Å². The number of guanidine groups is 1. The van der Waals surface area contributed by atoms with E-state index < -0.39 is 0 Å². The molecule has 0 bridgehead atoms.